The lowest BCUT2D eigenvalue weighted by Gasteiger charge is -2.17. The topological polar surface area (TPSA) is 90.7 Å². The van der Waals surface area contributed by atoms with E-state index in [9.17, 15) is 19.3 Å². The number of methoxy groups -OCH3 is 1. The minimum atomic E-state index is -1.02. The van der Waals surface area contributed by atoms with E-state index in [-0.39, 0.29) is 27.9 Å². The van der Waals surface area contributed by atoms with Crippen LogP contribution in [-0.4, -0.2) is 24.0 Å². The van der Waals surface area contributed by atoms with E-state index >= 15 is 0 Å². The molecule has 1 N–H and O–H groups in total. The molecule has 2 rings (SSSR count). The van der Waals surface area contributed by atoms with E-state index in [4.69, 9.17) is 21.1 Å². The predicted octanol–water partition coefficient (Wildman–Crippen LogP) is 3.80. The van der Waals surface area contributed by atoms with Gasteiger partial charge < -0.3 is 14.8 Å². The maximum absolute atomic E-state index is 13.0. The van der Waals surface area contributed by atoms with Gasteiger partial charge in [-0.3, -0.25) is 14.9 Å². The molecule has 0 saturated heterocycles. The number of rotatable bonds is 6. The highest BCUT2D eigenvalue weighted by Crippen LogP contribution is 2.32. The molecule has 9 heteroatoms. The van der Waals surface area contributed by atoms with Gasteiger partial charge in [-0.25, -0.2) is 4.39 Å². The van der Waals surface area contributed by atoms with E-state index in [1.165, 1.54) is 32.2 Å². The second-order valence-electron chi connectivity index (χ2n) is 4.97. The molecule has 0 aromatic heterocycles. The summed E-state index contributed by atoms with van der Waals surface area (Å²) in [4.78, 5) is 22.5. The summed E-state index contributed by atoms with van der Waals surface area (Å²) in [7, 11) is 1.37. The Balaban J connectivity index is 2.15. The van der Waals surface area contributed by atoms with Crippen molar-refractivity contribution in [3.8, 4) is 11.5 Å². The summed E-state index contributed by atoms with van der Waals surface area (Å²) in [6.45, 7) is 1.45. The van der Waals surface area contributed by atoms with Gasteiger partial charge in [-0.05, 0) is 31.2 Å². The molecule has 2 aromatic rings. The van der Waals surface area contributed by atoms with Gasteiger partial charge in [0.05, 0.1) is 28.8 Å². The van der Waals surface area contributed by atoms with Crippen molar-refractivity contribution in [3.63, 3.8) is 0 Å². The Morgan fingerprint density at radius 2 is 2.00 bits per heavy atom. The monoisotopic (exact) mass is 368 g/mol. The molecule has 0 spiro atoms. The molecule has 7 nitrogen and oxygen atoms in total. The molecule has 0 unspecified atom stereocenters. The van der Waals surface area contributed by atoms with Crippen LogP contribution in [0.25, 0.3) is 0 Å². The van der Waals surface area contributed by atoms with Gasteiger partial charge in [-0.1, -0.05) is 11.6 Å². The number of nitrogens with zero attached hydrogens (tertiary/aromatic N) is 1. The van der Waals surface area contributed by atoms with Crippen LogP contribution in [-0.2, 0) is 4.79 Å². The van der Waals surface area contributed by atoms with Crippen LogP contribution in [0.15, 0.2) is 36.4 Å². The smallest absolute Gasteiger partial charge is 0.273 e. The fourth-order valence-corrected chi connectivity index (χ4v) is 2.15. The van der Waals surface area contributed by atoms with E-state index in [0.29, 0.717) is 0 Å². The molecule has 0 radical (unpaired) electrons. The molecule has 0 fully saturated rings. The van der Waals surface area contributed by atoms with Crippen molar-refractivity contribution < 1.29 is 23.6 Å². The molecule has 0 heterocycles. The van der Waals surface area contributed by atoms with E-state index in [0.717, 1.165) is 18.2 Å². The van der Waals surface area contributed by atoms with Crippen molar-refractivity contribution in [2.75, 3.05) is 12.4 Å². The van der Waals surface area contributed by atoms with Crippen molar-refractivity contribution in [2.45, 2.75) is 13.0 Å². The number of amides is 1. The van der Waals surface area contributed by atoms with Crippen LogP contribution in [0.3, 0.4) is 0 Å². The normalized spacial score (nSPS) is 11.5. The van der Waals surface area contributed by atoms with Gasteiger partial charge in [-0.2, -0.15) is 0 Å². The van der Waals surface area contributed by atoms with Crippen molar-refractivity contribution >= 4 is 28.9 Å². The van der Waals surface area contributed by atoms with Gasteiger partial charge in [0.1, 0.15) is 5.82 Å². The average molecular weight is 369 g/mol. The first-order chi connectivity index (χ1) is 11.8. The SMILES string of the molecule is COc1ccc([N+](=O)[O-])cc1O[C@H](C)C(=O)Nc1ccc(F)cc1Cl. The molecule has 1 atom stereocenters. The Hall–Kier alpha value is -2.87. The highest BCUT2D eigenvalue weighted by Gasteiger charge is 2.20. The highest BCUT2D eigenvalue weighted by atomic mass is 35.5. The van der Waals surface area contributed by atoms with E-state index in [2.05, 4.69) is 5.32 Å². The third kappa shape index (κ3) is 4.57. The number of non-ortho nitro benzene ring substituents is 1. The zero-order chi connectivity index (χ0) is 18.6. The van der Waals surface area contributed by atoms with Gasteiger partial charge in [0.2, 0.25) is 0 Å². The number of nitro benzene ring substituents is 1. The fraction of sp³-hybridized carbons (Fsp3) is 0.188. The lowest BCUT2D eigenvalue weighted by atomic mass is 10.2. The third-order valence-corrected chi connectivity index (χ3v) is 3.53. The first kappa shape index (κ1) is 18.5. The Bertz CT molecular complexity index is 815. The molecular weight excluding hydrogens is 355 g/mol. The summed E-state index contributed by atoms with van der Waals surface area (Å²) >= 11 is 5.85. The maximum Gasteiger partial charge on any atom is 0.273 e. The first-order valence-electron chi connectivity index (χ1n) is 7.07. The minimum Gasteiger partial charge on any atom is -0.493 e. The molecule has 0 bridgehead atoms. The Morgan fingerprint density at radius 3 is 2.60 bits per heavy atom. The average Bonchev–Trinajstić information content (AvgIpc) is 2.57. The van der Waals surface area contributed by atoms with Crippen molar-refractivity contribution in [1.29, 1.82) is 0 Å². The van der Waals surface area contributed by atoms with Gasteiger partial charge >= 0.3 is 0 Å². The second-order valence-corrected chi connectivity index (χ2v) is 5.37. The van der Waals surface area contributed by atoms with Gasteiger partial charge in [0.25, 0.3) is 11.6 Å². The lowest BCUT2D eigenvalue weighted by Crippen LogP contribution is -2.30. The van der Waals surface area contributed by atoms with Crippen LogP contribution >= 0.6 is 11.6 Å². The summed E-state index contributed by atoms with van der Waals surface area (Å²) in [6.07, 6.45) is -1.02. The molecule has 2 aromatic carbocycles. The van der Waals surface area contributed by atoms with Crippen LogP contribution in [0.5, 0.6) is 11.5 Å². The zero-order valence-electron chi connectivity index (χ0n) is 13.3. The number of ether oxygens (including phenoxy) is 2. The summed E-state index contributed by atoms with van der Waals surface area (Å²) in [5.74, 6) is -0.815. The number of carbonyl (C=O) groups excluding carboxylic acids is 1. The number of halogens is 2. The van der Waals surface area contributed by atoms with E-state index in [1.807, 2.05) is 0 Å². The Labute approximate surface area is 147 Å². The number of carbonyl (C=O) groups is 1. The molecule has 132 valence electrons. The molecule has 0 saturated carbocycles. The second kappa shape index (κ2) is 7.80. The summed E-state index contributed by atoms with van der Waals surface area (Å²) in [6, 6.07) is 7.32. The van der Waals surface area contributed by atoms with Crippen molar-refractivity contribution in [1.82, 2.24) is 0 Å². The van der Waals surface area contributed by atoms with E-state index < -0.39 is 22.8 Å². The standard InChI is InChI=1S/C16H14ClFN2O5/c1-9(16(21)19-13-5-3-10(18)7-12(13)17)25-15-8-11(20(22)23)4-6-14(15)24-2/h3-9H,1-2H3,(H,19,21)/t9-/m1/s1. The Morgan fingerprint density at radius 1 is 1.28 bits per heavy atom. The Kier molecular flexibility index (Phi) is 5.76. The molecule has 0 aliphatic heterocycles. The van der Waals surface area contributed by atoms with Crippen molar-refractivity contribution in [3.05, 3.63) is 57.4 Å². The quantitative estimate of drug-likeness (QED) is 0.618. The molecule has 0 aliphatic carbocycles. The number of nitro groups is 1. The van der Waals surface area contributed by atoms with Crippen LogP contribution < -0.4 is 14.8 Å². The predicted molar refractivity (Wildman–Crippen MR) is 89.8 cm³/mol. The largest absolute Gasteiger partial charge is 0.493 e. The van der Waals surface area contributed by atoms with Crippen LogP contribution in [0.4, 0.5) is 15.8 Å². The molecule has 25 heavy (non-hydrogen) atoms. The van der Waals surface area contributed by atoms with Crippen LogP contribution in [0, 0.1) is 15.9 Å². The number of hydrogen-bond donors (Lipinski definition) is 1. The molecule has 1 amide bonds. The number of anilines is 1. The summed E-state index contributed by atoms with van der Waals surface area (Å²) < 4.78 is 23.6. The first-order valence-corrected chi connectivity index (χ1v) is 7.44. The zero-order valence-corrected chi connectivity index (χ0v) is 14.0. The maximum atomic E-state index is 13.0. The summed E-state index contributed by atoms with van der Waals surface area (Å²) in [5, 5.41) is 13.4. The molecule has 0 aliphatic rings. The third-order valence-electron chi connectivity index (χ3n) is 3.22. The van der Waals surface area contributed by atoms with E-state index in [1.54, 1.807) is 0 Å². The fourth-order valence-electron chi connectivity index (χ4n) is 1.94. The van der Waals surface area contributed by atoms with Crippen LogP contribution in [0.2, 0.25) is 5.02 Å². The summed E-state index contributed by atoms with van der Waals surface area (Å²) in [5.41, 5.74) is 0.0134. The lowest BCUT2D eigenvalue weighted by molar-refractivity contribution is -0.385. The molecular formula is C16H14ClFN2O5. The number of nitrogens with one attached hydrogen (secondary N) is 1. The number of benzene rings is 2. The minimum absolute atomic E-state index is 0.0356. The van der Waals surface area contributed by atoms with Crippen molar-refractivity contribution in [2.24, 2.45) is 0 Å². The number of hydrogen-bond acceptors (Lipinski definition) is 5. The highest BCUT2D eigenvalue weighted by molar-refractivity contribution is 6.33. The van der Waals surface area contributed by atoms with Gasteiger partial charge in [0.15, 0.2) is 17.6 Å². The van der Waals surface area contributed by atoms with Gasteiger partial charge in [-0.15, -0.1) is 0 Å². The van der Waals surface area contributed by atoms with Crippen LogP contribution in [0.1, 0.15) is 6.92 Å². The van der Waals surface area contributed by atoms with Gasteiger partial charge in [0, 0.05) is 6.07 Å².